The summed E-state index contributed by atoms with van der Waals surface area (Å²) >= 11 is 0. The van der Waals surface area contributed by atoms with Gasteiger partial charge in [-0.2, -0.15) is 0 Å². The van der Waals surface area contributed by atoms with Gasteiger partial charge in [-0.25, -0.2) is 0 Å². The molecule has 0 atom stereocenters. The van der Waals surface area contributed by atoms with Crippen molar-refractivity contribution in [2.24, 2.45) is 0 Å². The van der Waals surface area contributed by atoms with E-state index >= 15 is 0 Å². The highest BCUT2D eigenvalue weighted by atomic mass is 16.3. The molecule has 0 spiro atoms. The van der Waals surface area contributed by atoms with Gasteiger partial charge in [0.15, 0.2) is 11.5 Å². The number of aromatic nitrogens is 1. The van der Waals surface area contributed by atoms with Crippen LogP contribution in [0.25, 0.3) is 22.0 Å². The van der Waals surface area contributed by atoms with Crippen molar-refractivity contribution in [3.8, 4) is 11.1 Å². The Morgan fingerprint density at radius 1 is 1.22 bits per heavy atom. The van der Waals surface area contributed by atoms with Gasteiger partial charge < -0.3 is 9.40 Å². The van der Waals surface area contributed by atoms with E-state index in [0.29, 0.717) is 5.76 Å². The molecule has 3 rings (SSSR count). The van der Waals surface area contributed by atoms with Crippen LogP contribution in [0.1, 0.15) is 23.2 Å². The molecule has 90 valence electrons. The van der Waals surface area contributed by atoms with Crippen LogP contribution in [0.2, 0.25) is 0 Å². The van der Waals surface area contributed by atoms with Gasteiger partial charge in [0.2, 0.25) is 0 Å². The minimum atomic E-state index is -0.0488. The number of aromatic amines is 1. The van der Waals surface area contributed by atoms with E-state index in [-0.39, 0.29) is 5.78 Å². The number of aryl methyl sites for hydroxylation is 1. The zero-order valence-corrected chi connectivity index (χ0v) is 10.3. The standard InChI is InChI=1S/C15H13NO2/c1-9-7-13(15(18-9)10(2)17)11-3-4-14-12(8-11)5-6-16-14/h3-8,16H,1-2H3. The molecule has 0 aliphatic rings. The Bertz CT molecular complexity index is 734. The van der Waals surface area contributed by atoms with Crippen LogP contribution in [0, 0.1) is 6.92 Å². The van der Waals surface area contributed by atoms with E-state index in [1.54, 1.807) is 0 Å². The van der Waals surface area contributed by atoms with Crippen molar-refractivity contribution in [1.29, 1.82) is 0 Å². The smallest absolute Gasteiger partial charge is 0.195 e. The molecule has 3 heteroatoms. The van der Waals surface area contributed by atoms with Crippen molar-refractivity contribution in [3.05, 3.63) is 48.0 Å². The Morgan fingerprint density at radius 3 is 2.83 bits per heavy atom. The van der Waals surface area contributed by atoms with E-state index in [1.807, 2.05) is 37.4 Å². The SMILES string of the molecule is CC(=O)c1oc(C)cc1-c1ccc2[nH]ccc2c1. The molecule has 0 fully saturated rings. The first-order valence-corrected chi connectivity index (χ1v) is 5.84. The predicted octanol–water partition coefficient (Wildman–Crippen LogP) is 3.94. The molecule has 3 nitrogen and oxygen atoms in total. The average Bonchev–Trinajstić information content (AvgIpc) is 2.93. The third-order valence-corrected chi connectivity index (χ3v) is 3.04. The van der Waals surface area contributed by atoms with Crippen LogP contribution in [0.15, 0.2) is 40.9 Å². The van der Waals surface area contributed by atoms with Crippen molar-refractivity contribution >= 4 is 16.7 Å². The molecule has 0 amide bonds. The van der Waals surface area contributed by atoms with Crippen LogP contribution in [-0.2, 0) is 0 Å². The number of carbonyl (C=O) groups is 1. The van der Waals surface area contributed by atoms with E-state index in [1.165, 1.54) is 6.92 Å². The summed E-state index contributed by atoms with van der Waals surface area (Å²) in [5.41, 5.74) is 2.95. The fourth-order valence-corrected chi connectivity index (χ4v) is 2.21. The summed E-state index contributed by atoms with van der Waals surface area (Å²) < 4.78 is 5.47. The number of carbonyl (C=O) groups excluding carboxylic acids is 1. The number of fused-ring (bicyclic) bond motifs is 1. The van der Waals surface area contributed by atoms with Gasteiger partial charge in [0.05, 0.1) is 0 Å². The number of hydrogen-bond donors (Lipinski definition) is 1. The molecule has 0 saturated heterocycles. The quantitative estimate of drug-likeness (QED) is 0.688. The van der Waals surface area contributed by atoms with E-state index in [2.05, 4.69) is 11.1 Å². The largest absolute Gasteiger partial charge is 0.458 e. The average molecular weight is 239 g/mol. The Labute approximate surface area is 104 Å². The maximum Gasteiger partial charge on any atom is 0.195 e. The zero-order valence-electron chi connectivity index (χ0n) is 10.3. The summed E-state index contributed by atoms with van der Waals surface area (Å²) in [6.07, 6.45) is 1.90. The lowest BCUT2D eigenvalue weighted by molar-refractivity contribution is 0.0987. The molecule has 2 aromatic heterocycles. The van der Waals surface area contributed by atoms with Gasteiger partial charge in [0.25, 0.3) is 0 Å². The summed E-state index contributed by atoms with van der Waals surface area (Å²) in [4.78, 5) is 14.7. The maximum atomic E-state index is 11.6. The molecule has 0 bridgehead atoms. The zero-order chi connectivity index (χ0) is 12.7. The first-order valence-electron chi connectivity index (χ1n) is 5.84. The first-order chi connectivity index (χ1) is 8.65. The summed E-state index contributed by atoms with van der Waals surface area (Å²) in [7, 11) is 0. The van der Waals surface area contributed by atoms with Crippen LogP contribution in [0.5, 0.6) is 0 Å². The normalized spacial score (nSPS) is 11.0. The van der Waals surface area contributed by atoms with Crippen molar-refractivity contribution in [1.82, 2.24) is 4.98 Å². The van der Waals surface area contributed by atoms with Crippen LogP contribution in [0.3, 0.4) is 0 Å². The molecule has 0 saturated carbocycles. The molecule has 2 heterocycles. The maximum absolute atomic E-state index is 11.6. The topological polar surface area (TPSA) is 46.0 Å². The third-order valence-electron chi connectivity index (χ3n) is 3.04. The van der Waals surface area contributed by atoms with Crippen molar-refractivity contribution < 1.29 is 9.21 Å². The van der Waals surface area contributed by atoms with Gasteiger partial charge in [-0.15, -0.1) is 0 Å². The summed E-state index contributed by atoms with van der Waals surface area (Å²) in [6, 6.07) is 9.98. The molecule has 0 unspecified atom stereocenters. The number of Topliss-reactive ketones (excluding diaryl/α,β-unsaturated/α-hetero) is 1. The number of nitrogens with one attached hydrogen (secondary N) is 1. The van der Waals surface area contributed by atoms with Gasteiger partial charge in [0.1, 0.15) is 5.76 Å². The highest BCUT2D eigenvalue weighted by molar-refractivity contribution is 5.99. The minimum absolute atomic E-state index is 0.0488. The second-order valence-corrected chi connectivity index (χ2v) is 4.44. The van der Waals surface area contributed by atoms with Gasteiger partial charge in [-0.3, -0.25) is 4.79 Å². The Balaban J connectivity index is 2.21. The van der Waals surface area contributed by atoms with Gasteiger partial charge in [0, 0.05) is 24.2 Å². The number of furan rings is 1. The predicted molar refractivity (Wildman–Crippen MR) is 70.7 cm³/mol. The molecule has 0 radical (unpaired) electrons. The van der Waals surface area contributed by atoms with Gasteiger partial charge >= 0.3 is 0 Å². The minimum Gasteiger partial charge on any atom is -0.458 e. The molecule has 0 aliphatic carbocycles. The highest BCUT2D eigenvalue weighted by Crippen LogP contribution is 2.29. The monoisotopic (exact) mass is 239 g/mol. The van der Waals surface area contributed by atoms with Gasteiger partial charge in [-0.05, 0) is 42.1 Å². The number of ketones is 1. The van der Waals surface area contributed by atoms with E-state index < -0.39 is 0 Å². The molecule has 3 aromatic rings. The van der Waals surface area contributed by atoms with Crippen LogP contribution >= 0.6 is 0 Å². The Kier molecular flexibility index (Phi) is 2.33. The van der Waals surface area contributed by atoms with Crippen molar-refractivity contribution in [3.63, 3.8) is 0 Å². The summed E-state index contributed by atoms with van der Waals surface area (Å²) in [5.74, 6) is 1.14. The lowest BCUT2D eigenvalue weighted by atomic mass is 10.0. The molecule has 0 aliphatic heterocycles. The molecule has 1 aromatic carbocycles. The van der Waals surface area contributed by atoms with Crippen molar-refractivity contribution in [2.75, 3.05) is 0 Å². The van der Waals surface area contributed by atoms with E-state index in [0.717, 1.165) is 27.8 Å². The number of hydrogen-bond acceptors (Lipinski definition) is 2. The van der Waals surface area contributed by atoms with Crippen LogP contribution in [-0.4, -0.2) is 10.8 Å². The molecule has 1 N–H and O–H groups in total. The summed E-state index contributed by atoms with van der Waals surface area (Å²) in [6.45, 7) is 3.38. The molecular weight excluding hydrogens is 226 g/mol. The fourth-order valence-electron chi connectivity index (χ4n) is 2.21. The Morgan fingerprint density at radius 2 is 2.06 bits per heavy atom. The number of rotatable bonds is 2. The summed E-state index contributed by atoms with van der Waals surface area (Å²) in [5, 5.41) is 1.13. The van der Waals surface area contributed by atoms with E-state index in [4.69, 9.17) is 4.42 Å². The highest BCUT2D eigenvalue weighted by Gasteiger charge is 2.15. The van der Waals surface area contributed by atoms with Crippen LogP contribution in [0.4, 0.5) is 0 Å². The third kappa shape index (κ3) is 1.64. The number of benzene rings is 1. The molecule has 18 heavy (non-hydrogen) atoms. The fraction of sp³-hybridized carbons (Fsp3) is 0.133. The van der Waals surface area contributed by atoms with Gasteiger partial charge in [-0.1, -0.05) is 6.07 Å². The Hall–Kier alpha value is -2.29. The first kappa shape index (κ1) is 10.8. The molecular formula is C15H13NO2. The number of H-pyrrole nitrogens is 1. The van der Waals surface area contributed by atoms with Crippen molar-refractivity contribution in [2.45, 2.75) is 13.8 Å². The second kappa shape index (κ2) is 3.88. The lowest BCUT2D eigenvalue weighted by Crippen LogP contribution is -1.91. The second-order valence-electron chi connectivity index (χ2n) is 4.44. The lowest BCUT2D eigenvalue weighted by Gasteiger charge is -2.00. The van der Waals surface area contributed by atoms with E-state index in [9.17, 15) is 4.79 Å². The van der Waals surface area contributed by atoms with Crippen LogP contribution < -0.4 is 0 Å².